The highest BCUT2D eigenvalue weighted by atomic mass is 16.3. The maximum Gasteiger partial charge on any atom is 0.227 e. The third-order valence-corrected chi connectivity index (χ3v) is 4.63. The molecule has 2 heterocycles. The number of hydrogen-bond donors (Lipinski definition) is 1. The molecular weight excluding hydrogens is 276 g/mol. The minimum atomic E-state index is -0.255. The van der Waals surface area contributed by atoms with Gasteiger partial charge in [0.15, 0.2) is 0 Å². The average Bonchev–Trinajstić information content (AvgIpc) is 2.52. The van der Waals surface area contributed by atoms with Crippen molar-refractivity contribution in [2.75, 3.05) is 13.1 Å². The topological polar surface area (TPSA) is 53.4 Å². The van der Waals surface area contributed by atoms with Crippen molar-refractivity contribution in [3.63, 3.8) is 0 Å². The van der Waals surface area contributed by atoms with Gasteiger partial charge in [-0.3, -0.25) is 9.78 Å². The third kappa shape index (κ3) is 2.83. The average molecular weight is 298 g/mol. The molecule has 0 saturated carbocycles. The molecule has 22 heavy (non-hydrogen) atoms. The molecule has 0 radical (unpaired) electrons. The van der Waals surface area contributed by atoms with Gasteiger partial charge in [0.1, 0.15) is 0 Å². The summed E-state index contributed by atoms with van der Waals surface area (Å²) in [5, 5.41) is 10.7. The van der Waals surface area contributed by atoms with Crippen molar-refractivity contribution in [2.24, 2.45) is 0 Å². The number of piperidine rings is 1. The Balaban J connectivity index is 1.86. The summed E-state index contributed by atoms with van der Waals surface area (Å²) in [5.74, 6) is 0.134. The molecule has 1 aliphatic rings. The van der Waals surface area contributed by atoms with Crippen LogP contribution in [0.3, 0.4) is 0 Å². The zero-order chi connectivity index (χ0) is 15.7. The number of likely N-dealkylation sites (tertiary alicyclic amines) is 1. The van der Waals surface area contributed by atoms with E-state index in [0.717, 1.165) is 27.7 Å². The molecule has 0 atom stereocenters. The van der Waals surface area contributed by atoms with Crippen molar-refractivity contribution < 1.29 is 9.90 Å². The molecule has 1 N–H and O–H groups in total. The van der Waals surface area contributed by atoms with E-state index in [2.05, 4.69) is 18.0 Å². The Morgan fingerprint density at radius 1 is 1.27 bits per heavy atom. The van der Waals surface area contributed by atoms with Gasteiger partial charge in [-0.15, -0.1) is 0 Å². The molecular formula is C18H22N2O2. The summed E-state index contributed by atoms with van der Waals surface area (Å²) < 4.78 is 0. The van der Waals surface area contributed by atoms with Crippen molar-refractivity contribution in [3.8, 4) is 0 Å². The summed E-state index contributed by atoms with van der Waals surface area (Å²) in [6, 6.07) is 8.05. The van der Waals surface area contributed by atoms with E-state index in [-0.39, 0.29) is 12.0 Å². The van der Waals surface area contributed by atoms with Crippen LogP contribution < -0.4 is 0 Å². The quantitative estimate of drug-likeness (QED) is 0.926. The number of carbonyl (C=O) groups excluding carboxylic acids is 1. The van der Waals surface area contributed by atoms with Crippen LogP contribution in [-0.2, 0) is 11.2 Å². The van der Waals surface area contributed by atoms with Gasteiger partial charge in [-0.05, 0) is 43.9 Å². The molecule has 1 saturated heterocycles. The molecule has 1 aromatic heterocycles. The van der Waals surface area contributed by atoms with E-state index in [4.69, 9.17) is 0 Å². The van der Waals surface area contributed by atoms with E-state index in [9.17, 15) is 9.90 Å². The second-order valence-electron chi connectivity index (χ2n) is 6.11. The van der Waals surface area contributed by atoms with Gasteiger partial charge in [0.25, 0.3) is 0 Å². The van der Waals surface area contributed by atoms with Crippen LogP contribution in [0.25, 0.3) is 10.9 Å². The van der Waals surface area contributed by atoms with Crippen LogP contribution >= 0.6 is 0 Å². The van der Waals surface area contributed by atoms with Crippen LogP contribution in [0.1, 0.15) is 29.7 Å². The number of rotatable bonds is 2. The SMILES string of the molecule is Cc1nc2ccccc2c(C)c1CC(=O)N1CCC(O)CC1. The Labute approximate surface area is 130 Å². The molecule has 3 rings (SSSR count). The lowest BCUT2D eigenvalue weighted by Gasteiger charge is -2.30. The Morgan fingerprint density at radius 3 is 2.68 bits per heavy atom. The first-order chi connectivity index (χ1) is 10.6. The van der Waals surface area contributed by atoms with Gasteiger partial charge in [-0.1, -0.05) is 18.2 Å². The van der Waals surface area contributed by atoms with Gasteiger partial charge < -0.3 is 10.0 Å². The first kappa shape index (κ1) is 15.0. The van der Waals surface area contributed by atoms with Crippen LogP contribution in [0.5, 0.6) is 0 Å². The molecule has 2 aromatic rings. The maximum atomic E-state index is 12.5. The monoisotopic (exact) mass is 298 g/mol. The Morgan fingerprint density at radius 2 is 1.95 bits per heavy atom. The highest BCUT2D eigenvalue weighted by molar-refractivity contribution is 5.86. The molecule has 0 spiro atoms. The number of para-hydroxylation sites is 1. The predicted molar refractivity (Wildman–Crippen MR) is 86.7 cm³/mol. The number of benzene rings is 1. The molecule has 4 nitrogen and oxygen atoms in total. The minimum absolute atomic E-state index is 0.134. The highest BCUT2D eigenvalue weighted by Crippen LogP contribution is 2.23. The number of pyridine rings is 1. The summed E-state index contributed by atoms with van der Waals surface area (Å²) in [6.07, 6.45) is 1.50. The van der Waals surface area contributed by atoms with Gasteiger partial charge in [-0.25, -0.2) is 0 Å². The van der Waals surface area contributed by atoms with Crippen molar-refractivity contribution in [3.05, 3.63) is 41.1 Å². The number of aliphatic hydroxyl groups is 1. The largest absolute Gasteiger partial charge is 0.393 e. The van der Waals surface area contributed by atoms with Crippen LogP contribution in [0.2, 0.25) is 0 Å². The Bertz CT molecular complexity index is 704. The molecule has 1 aromatic carbocycles. The summed E-state index contributed by atoms with van der Waals surface area (Å²) in [4.78, 5) is 19.0. The molecule has 1 amide bonds. The van der Waals surface area contributed by atoms with Crippen LogP contribution in [0.15, 0.2) is 24.3 Å². The summed E-state index contributed by atoms with van der Waals surface area (Å²) in [6.45, 7) is 5.35. The molecule has 0 bridgehead atoms. The van der Waals surface area contributed by atoms with Crippen LogP contribution in [0.4, 0.5) is 0 Å². The Kier molecular flexibility index (Phi) is 4.12. The van der Waals surface area contributed by atoms with Crippen LogP contribution in [0, 0.1) is 13.8 Å². The lowest BCUT2D eigenvalue weighted by Crippen LogP contribution is -2.41. The fourth-order valence-corrected chi connectivity index (χ4v) is 3.21. The predicted octanol–water partition coefficient (Wildman–Crippen LogP) is 2.38. The van der Waals surface area contributed by atoms with E-state index in [1.807, 2.05) is 30.0 Å². The summed E-state index contributed by atoms with van der Waals surface area (Å²) >= 11 is 0. The van der Waals surface area contributed by atoms with Gasteiger partial charge in [-0.2, -0.15) is 0 Å². The number of amides is 1. The van der Waals surface area contributed by atoms with E-state index in [1.165, 1.54) is 0 Å². The van der Waals surface area contributed by atoms with Crippen molar-refractivity contribution >= 4 is 16.8 Å². The highest BCUT2D eigenvalue weighted by Gasteiger charge is 2.22. The number of hydrogen-bond acceptors (Lipinski definition) is 3. The van der Waals surface area contributed by atoms with Crippen molar-refractivity contribution in [2.45, 2.75) is 39.2 Å². The smallest absolute Gasteiger partial charge is 0.227 e. The second kappa shape index (κ2) is 6.05. The summed E-state index contributed by atoms with van der Waals surface area (Å²) in [7, 11) is 0. The number of aromatic nitrogens is 1. The van der Waals surface area contributed by atoms with Gasteiger partial charge in [0.05, 0.1) is 18.0 Å². The van der Waals surface area contributed by atoms with E-state index < -0.39 is 0 Å². The standard InChI is InChI=1S/C18H22N2O2/c1-12-15-5-3-4-6-17(15)19-13(2)16(12)11-18(22)20-9-7-14(21)8-10-20/h3-6,14,21H,7-11H2,1-2H3. The normalized spacial score (nSPS) is 16.2. The van der Waals surface area contributed by atoms with Crippen molar-refractivity contribution in [1.82, 2.24) is 9.88 Å². The van der Waals surface area contributed by atoms with Crippen LogP contribution in [-0.4, -0.2) is 40.1 Å². The Hall–Kier alpha value is -1.94. The van der Waals surface area contributed by atoms with Gasteiger partial charge >= 0.3 is 0 Å². The fraction of sp³-hybridized carbons (Fsp3) is 0.444. The molecule has 0 unspecified atom stereocenters. The number of aryl methyl sites for hydroxylation is 2. The molecule has 4 heteroatoms. The molecule has 0 aliphatic carbocycles. The first-order valence-corrected chi connectivity index (χ1v) is 7.87. The fourth-order valence-electron chi connectivity index (χ4n) is 3.21. The lowest BCUT2D eigenvalue weighted by molar-refractivity contribution is -0.132. The third-order valence-electron chi connectivity index (χ3n) is 4.63. The van der Waals surface area contributed by atoms with E-state index in [0.29, 0.717) is 32.4 Å². The molecule has 116 valence electrons. The number of aliphatic hydroxyl groups excluding tert-OH is 1. The minimum Gasteiger partial charge on any atom is -0.393 e. The maximum absolute atomic E-state index is 12.5. The molecule has 1 fully saturated rings. The zero-order valence-electron chi connectivity index (χ0n) is 13.2. The van der Waals surface area contributed by atoms with E-state index >= 15 is 0 Å². The van der Waals surface area contributed by atoms with Gasteiger partial charge in [0, 0.05) is 24.2 Å². The molecule has 1 aliphatic heterocycles. The van der Waals surface area contributed by atoms with Gasteiger partial charge in [0.2, 0.25) is 5.91 Å². The lowest BCUT2D eigenvalue weighted by atomic mass is 9.98. The number of fused-ring (bicyclic) bond motifs is 1. The number of nitrogens with zero attached hydrogens (tertiary/aromatic N) is 2. The zero-order valence-corrected chi connectivity index (χ0v) is 13.2. The summed E-state index contributed by atoms with van der Waals surface area (Å²) in [5.41, 5.74) is 4.10. The van der Waals surface area contributed by atoms with E-state index in [1.54, 1.807) is 0 Å². The first-order valence-electron chi connectivity index (χ1n) is 7.87. The van der Waals surface area contributed by atoms with Crippen molar-refractivity contribution in [1.29, 1.82) is 0 Å². The second-order valence-corrected chi connectivity index (χ2v) is 6.11. The number of carbonyl (C=O) groups is 1.